The summed E-state index contributed by atoms with van der Waals surface area (Å²) in [5, 5.41) is 9.54. The van der Waals surface area contributed by atoms with Gasteiger partial charge in [-0.2, -0.15) is 0 Å². The molecule has 1 aliphatic carbocycles. The molecule has 0 unspecified atom stereocenters. The lowest BCUT2D eigenvalue weighted by Gasteiger charge is -2.04. The Kier molecular flexibility index (Phi) is 3.49. The molecule has 0 saturated carbocycles. The van der Waals surface area contributed by atoms with Gasteiger partial charge in [-0.05, 0) is 19.3 Å². The fourth-order valence-electron chi connectivity index (χ4n) is 1.89. The molecule has 0 saturated heterocycles. The van der Waals surface area contributed by atoms with Crippen molar-refractivity contribution >= 4 is 12.2 Å². The molecule has 0 amide bonds. The Morgan fingerprint density at radius 3 is 2.94 bits per heavy atom. The van der Waals surface area contributed by atoms with E-state index in [4.69, 9.17) is 0 Å². The lowest BCUT2D eigenvalue weighted by molar-refractivity contribution is 0.494. The number of hydrogen-bond donors (Lipinski definition) is 0. The first-order chi connectivity index (χ1) is 7.83. The molecular formula is C12H17N3O. The van der Waals surface area contributed by atoms with Crippen molar-refractivity contribution in [2.75, 3.05) is 0 Å². The molecule has 4 heteroatoms. The summed E-state index contributed by atoms with van der Waals surface area (Å²) in [5.74, 6) is 0. The molecule has 0 aromatic carbocycles. The maximum Gasteiger partial charge on any atom is 0.277 e. The maximum atomic E-state index is 12.0. The van der Waals surface area contributed by atoms with Gasteiger partial charge in [0.15, 0.2) is 0 Å². The van der Waals surface area contributed by atoms with Crippen molar-refractivity contribution in [3.05, 3.63) is 20.9 Å². The molecule has 0 bridgehead atoms. The summed E-state index contributed by atoms with van der Waals surface area (Å²) in [7, 11) is 0. The van der Waals surface area contributed by atoms with Crippen molar-refractivity contribution in [1.29, 1.82) is 0 Å². The Hall–Kier alpha value is -1.45. The topological polar surface area (TPSA) is 47.8 Å². The fraction of sp³-hybridized carbons (Fsp3) is 0.583. The highest BCUT2D eigenvalue weighted by Gasteiger charge is 2.03. The zero-order valence-electron chi connectivity index (χ0n) is 9.65. The van der Waals surface area contributed by atoms with E-state index in [9.17, 15) is 4.79 Å². The number of nitrogens with zero attached hydrogens (tertiary/aromatic N) is 3. The zero-order chi connectivity index (χ0) is 11.4. The van der Waals surface area contributed by atoms with Crippen LogP contribution in [0.4, 0.5) is 0 Å². The first-order valence-electron chi connectivity index (χ1n) is 5.97. The highest BCUT2D eigenvalue weighted by molar-refractivity contribution is 5.33. The highest BCUT2D eigenvalue weighted by Crippen LogP contribution is 1.94. The van der Waals surface area contributed by atoms with E-state index in [0.717, 1.165) is 42.7 Å². The summed E-state index contributed by atoms with van der Waals surface area (Å²) in [6.45, 7) is 2.82. The van der Waals surface area contributed by atoms with E-state index in [-0.39, 0.29) is 5.56 Å². The minimum atomic E-state index is 0.0112. The van der Waals surface area contributed by atoms with E-state index in [1.165, 1.54) is 4.68 Å². The summed E-state index contributed by atoms with van der Waals surface area (Å²) < 4.78 is 1.49. The second-order valence-corrected chi connectivity index (χ2v) is 4.11. The third-order valence-corrected chi connectivity index (χ3v) is 2.83. The van der Waals surface area contributed by atoms with Crippen LogP contribution in [-0.2, 0) is 6.54 Å². The molecule has 1 heterocycles. The molecule has 0 atom stereocenters. The number of aromatic nitrogens is 3. The van der Waals surface area contributed by atoms with Crippen LogP contribution in [0.1, 0.15) is 39.0 Å². The Bertz CT molecular complexity index is 530. The molecule has 86 valence electrons. The number of aryl methyl sites for hydroxylation is 1. The third kappa shape index (κ3) is 2.21. The number of hydrogen-bond acceptors (Lipinski definition) is 3. The lowest BCUT2D eigenvalue weighted by Crippen LogP contribution is -2.49. The van der Waals surface area contributed by atoms with Gasteiger partial charge in [-0.25, -0.2) is 4.68 Å². The molecule has 2 rings (SSSR count). The van der Waals surface area contributed by atoms with Gasteiger partial charge in [0.2, 0.25) is 0 Å². The van der Waals surface area contributed by atoms with E-state index >= 15 is 0 Å². The predicted octanol–water partition coefficient (Wildman–Crippen LogP) is 0.183. The van der Waals surface area contributed by atoms with Crippen LogP contribution in [0.2, 0.25) is 0 Å². The van der Waals surface area contributed by atoms with E-state index in [1.807, 2.05) is 12.2 Å². The first-order valence-corrected chi connectivity index (χ1v) is 5.97. The summed E-state index contributed by atoms with van der Waals surface area (Å²) >= 11 is 0. The minimum absolute atomic E-state index is 0.0112. The lowest BCUT2D eigenvalue weighted by atomic mass is 10.2. The molecule has 1 aromatic heterocycles. The van der Waals surface area contributed by atoms with Crippen LogP contribution in [0.15, 0.2) is 4.79 Å². The van der Waals surface area contributed by atoms with Crippen LogP contribution >= 0.6 is 0 Å². The Labute approximate surface area is 94.3 Å². The van der Waals surface area contributed by atoms with E-state index in [0.29, 0.717) is 6.54 Å². The second kappa shape index (κ2) is 5.05. The summed E-state index contributed by atoms with van der Waals surface area (Å²) in [6, 6.07) is 0. The number of fused-ring (bicyclic) bond motifs is 1. The van der Waals surface area contributed by atoms with Gasteiger partial charge in [0, 0.05) is 6.54 Å². The average Bonchev–Trinajstić information content (AvgIpc) is 2.33. The molecule has 0 fully saturated rings. The summed E-state index contributed by atoms with van der Waals surface area (Å²) in [6.07, 6.45) is 9.12. The minimum Gasteiger partial charge on any atom is -0.267 e. The van der Waals surface area contributed by atoms with Crippen molar-refractivity contribution in [3.8, 4) is 0 Å². The maximum absolute atomic E-state index is 12.0. The quantitative estimate of drug-likeness (QED) is 0.679. The molecule has 4 nitrogen and oxygen atoms in total. The van der Waals surface area contributed by atoms with E-state index < -0.39 is 0 Å². The second-order valence-electron chi connectivity index (χ2n) is 4.11. The summed E-state index contributed by atoms with van der Waals surface area (Å²) in [5.41, 5.74) is 0.0112. The molecule has 0 spiro atoms. The van der Waals surface area contributed by atoms with E-state index in [2.05, 4.69) is 17.2 Å². The number of unbranched alkanes of at least 4 members (excludes halogenated alkanes) is 2. The van der Waals surface area contributed by atoms with E-state index in [1.54, 1.807) is 0 Å². The Morgan fingerprint density at radius 2 is 2.12 bits per heavy atom. The van der Waals surface area contributed by atoms with Gasteiger partial charge < -0.3 is 0 Å². The molecule has 1 aromatic rings. The van der Waals surface area contributed by atoms with Crippen molar-refractivity contribution in [3.63, 3.8) is 0 Å². The monoisotopic (exact) mass is 219 g/mol. The highest BCUT2D eigenvalue weighted by atomic mass is 16.1. The van der Waals surface area contributed by atoms with Gasteiger partial charge in [-0.3, -0.25) is 4.79 Å². The summed E-state index contributed by atoms with van der Waals surface area (Å²) in [4.78, 5) is 12.0. The van der Waals surface area contributed by atoms with Crippen LogP contribution in [0, 0.1) is 0 Å². The SMILES string of the molecule is CCCCCn1nnc2c(c1=O)=CCCC=2. The zero-order valence-corrected chi connectivity index (χ0v) is 9.65. The van der Waals surface area contributed by atoms with Gasteiger partial charge in [0.25, 0.3) is 5.56 Å². The Balaban J connectivity index is 2.33. The molecule has 16 heavy (non-hydrogen) atoms. The molecule has 0 N–H and O–H groups in total. The fourth-order valence-corrected chi connectivity index (χ4v) is 1.89. The van der Waals surface area contributed by atoms with Crippen LogP contribution in [0.5, 0.6) is 0 Å². The van der Waals surface area contributed by atoms with Crippen LogP contribution in [0.25, 0.3) is 12.2 Å². The van der Waals surface area contributed by atoms with Crippen molar-refractivity contribution in [2.45, 2.75) is 45.6 Å². The molecule has 0 aliphatic heterocycles. The third-order valence-electron chi connectivity index (χ3n) is 2.83. The van der Waals surface area contributed by atoms with Crippen LogP contribution in [0.3, 0.4) is 0 Å². The molecule has 0 radical (unpaired) electrons. The normalized spacial score (nSPS) is 13.8. The van der Waals surface area contributed by atoms with Gasteiger partial charge in [-0.1, -0.05) is 37.1 Å². The van der Waals surface area contributed by atoms with Crippen molar-refractivity contribution < 1.29 is 0 Å². The van der Waals surface area contributed by atoms with Gasteiger partial charge in [-0.15, -0.1) is 5.10 Å². The van der Waals surface area contributed by atoms with Crippen LogP contribution in [-0.4, -0.2) is 15.0 Å². The molecule has 1 aliphatic rings. The van der Waals surface area contributed by atoms with Crippen molar-refractivity contribution in [2.24, 2.45) is 0 Å². The van der Waals surface area contributed by atoms with Gasteiger partial charge >= 0.3 is 0 Å². The average molecular weight is 219 g/mol. The van der Waals surface area contributed by atoms with Crippen LogP contribution < -0.4 is 16.1 Å². The van der Waals surface area contributed by atoms with Gasteiger partial charge in [0.1, 0.15) is 0 Å². The first kappa shape index (κ1) is 11.0. The standard InChI is InChI=1S/C12H17N3O/c1-2-3-6-9-15-12(16)10-7-4-5-8-11(10)13-14-15/h7-8H,2-6,9H2,1H3. The molecular weight excluding hydrogens is 202 g/mol. The Morgan fingerprint density at radius 1 is 1.31 bits per heavy atom. The smallest absolute Gasteiger partial charge is 0.267 e. The number of rotatable bonds is 4. The van der Waals surface area contributed by atoms with Crippen molar-refractivity contribution in [1.82, 2.24) is 15.0 Å². The largest absolute Gasteiger partial charge is 0.277 e. The predicted molar refractivity (Wildman–Crippen MR) is 63.2 cm³/mol. The van der Waals surface area contributed by atoms with Gasteiger partial charge in [0.05, 0.1) is 10.6 Å².